The molecule has 1 aromatic carbocycles. The Morgan fingerprint density at radius 1 is 1.07 bits per heavy atom. The number of benzene rings is 1. The van der Waals surface area contributed by atoms with Crippen molar-refractivity contribution in [2.75, 3.05) is 0 Å². The van der Waals surface area contributed by atoms with Gasteiger partial charge < -0.3 is 8.27 Å². The van der Waals surface area contributed by atoms with Crippen LogP contribution in [0.3, 0.4) is 0 Å². The zero-order valence-electron chi connectivity index (χ0n) is 7.10. The molecule has 2 nitrogen and oxygen atoms in total. The Hall–Kier alpha value is -1.26. The molecule has 2 heterocycles. The lowest BCUT2D eigenvalue weighted by Crippen LogP contribution is -1.78. The maximum atomic E-state index is 5.67. The predicted octanol–water partition coefficient (Wildman–Crippen LogP) is 4.38. The molecule has 2 aliphatic rings. The monoisotopic (exact) mass is 222 g/mol. The highest BCUT2D eigenvalue weighted by Gasteiger charge is 2.07. The lowest BCUT2D eigenvalue weighted by atomic mass is 10.2. The maximum Gasteiger partial charge on any atom is 0.189 e. The summed E-state index contributed by atoms with van der Waals surface area (Å²) in [6, 6.07) is 9.91. The minimum Gasteiger partial charge on any atom is -0.452 e. The molecule has 3 rings (SSSR count). The van der Waals surface area contributed by atoms with Crippen LogP contribution in [0.25, 0.3) is 22.5 Å². The summed E-state index contributed by atoms with van der Waals surface area (Å²) in [5, 5.41) is 3.02. The second-order valence-electron chi connectivity index (χ2n) is 2.88. The molecule has 0 atom stereocenters. The Morgan fingerprint density at radius 2 is 2.00 bits per heavy atom. The zero-order valence-corrected chi connectivity index (χ0v) is 8.73. The molecule has 0 saturated carbocycles. The van der Waals surface area contributed by atoms with Crippen molar-refractivity contribution < 1.29 is 8.27 Å². The van der Waals surface area contributed by atoms with Gasteiger partial charge in [-0.15, -0.1) is 0 Å². The quantitative estimate of drug-likeness (QED) is 0.417. The Balaban J connectivity index is 2.48. The van der Waals surface area contributed by atoms with Gasteiger partial charge in [-0.05, 0) is 22.5 Å². The summed E-state index contributed by atoms with van der Waals surface area (Å²) in [5.41, 5.74) is 0.888. The molecule has 0 aromatic heterocycles. The van der Waals surface area contributed by atoms with Crippen LogP contribution in [0.2, 0.25) is 0 Å². The van der Waals surface area contributed by atoms with Gasteiger partial charge in [-0.3, -0.25) is 0 Å². The van der Waals surface area contributed by atoms with E-state index in [2.05, 4.69) is 0 Å². The molecule has 0 aliphatic carbocycles. The summed E-state index contributed by atoms with van der Waals surface area (Å²) < 4.78 is 11.1. The first-order valence-electron chi connectivity index (χ1n) is 4.12. The normalized spacial score (nSPS) is 10.9. The average molecular weight is 222 g/mol. The van der Waals surface area contributed by atoms with E-state index in [9.17, 15) is 0 Å². The molecule has 4 heteroatoms. The van der Waals surface area contributed by atoms with Gasteiger partial charge in [0.15, 0.2) is 11.5 Å². The fourth-order valence-corrected chi connectivity index (χ4v) is 2.59. The van der Waals surface area contributed by atoms with Crippen LogP contribution < -0.4 is 0 Å². The van der Waals surface area contributed by atoms with Crippen molar-refractivity contribution in [3.8, 4) is 11.5 Å². The third-order valence-electron chi connectivity index (χ3n) is 1.99. The zero-order chi connectivity index (χ0) is 9.38. The first-order chi connectivity index (χ1) is 6.93. The van der Waals surface area contributed by atoms with Gasteiger partial charge in [0.1, 0.15) is 16.2 Å². The second-order valence-corrected chi connectivity index (χ2v) is 4.59. The largest absolute Gasteiger partial charge is 0.452 e. The first kappa shape index (κ1) is 8.08. The topological polar surface area (TPSA) is 26.3 Å². The van der Waals surface area contributed by atoms with Crippen molar-refractivity contribution in [1.29, 1.82) is 0 Å². The highest BCUT2D eigenvalue weighted by atomic mass is 32.9. The maximum absolute atomic E-state index is 5.67. The standard InChI is InChI=1S/C10H6O2S2/c1-2-4-8-7(3-1)5-9-10(11-8)6-13-14-12-9/h1-6H. The van der Waals surface area contributed by atoms with Crippen molar-refractivity contribution in [2.45, 2.75) is 0 Å². The van der Waals surface area contributed by atoms with Crippen LogP contribution in [0.5, 0.6) is 0 Å². The minimum absolute atomic E-state index is 0.799. The predicted molar refractivity (Wildman–Crippen MR) is 58.5 cm³/mol. The third kappa shape index (κ3) is 1.23. The summed E-state index contributed by atoms with van der Waals surface area (Å²) in [4.78, 5) is 0. The van der Waals surface area contributed by atoms with Crippen LogP contribution in [0, 0.1) is 0 Å². The number of rotatable bonds is 0. The van der Waals surface area contributed by atoms with E-state index in [4.69, 9.17) is 8.27 Å². The summed E-state index contributed by atoms with van der Waals surface area (Å²) >= 11 is 0. The summed E-state index contributed by atoms with van der Waals surface area (Å²) in [7, 11) is 2.87. The fraction of sp³-hybridized carbons (Fsp3) is 0. The highest BCUT2D eigenvalue weighted by Crippen LogP contribution is 2.30. The Kier molecular flexibility index (Phi) is 1.82. The van der Waals surface area contributed by atoms with E-state index < -0.39 is 0 Å². The molecule has 0 spiro atoms. The van der Waals surface area contributed by atoms with E-state index in [0.717, 1.165) is 22.5 Å². The van der Waals surface area contributed by atoms with Crippen LogP contribution in [-0.2, 0) is 0 Å². The van der Waals surface area contributed by atoms with Crippen molar-refractivity contribution in [3.63, 3.8) is 0 Å². The van der Waals surface area contributed by atoms with Gasteiger partial charge in [-0.2, -0.15) is 0 Å². The van der Waals surface area contributed by atoms with Gasteiger partial charge in [-0.1, -0.05) is 18.2 Å². The lowest BCUT2D eigenvalue weighted by Gasteiger charge is -2.03. The van der Waals surface area contributed by atoms with Gasteiger partial charge in [0.05, 0.1) is 5.38 Å². The molecule has 14 heavy (non-hydrogen) atoms. The smallest absolute Gasteiger partial charge is 0.189 e. The van der Waals surface area contributed by atoms with E-state index >= 15 is 0 Å². The Morgan fingerprint density at radius 3 is 3.00 bits per heavy atom. The molecule has 0 radical (unpaired) electrons. The van der Waals surface area contributed by atoms with Gasteiger partial charge in [0.25, 0.3) is 0 Å². The molecule has 0 saturated heterocycles. The molecule has 0 unspecified atom stereocenters. The summed E-state index contributed by atoms with van der Waals surface area (Å²) in [6.45, 7) is 0. The number of hydrogen-bond acceptors (Lipinski definition) is 4. The molecular formula is C10H6O2S2. The first-order valence-corrected chi connectivity index (χ1v) is 6.26. The highest BCUT2D eigenvalue weighted by molar-refractivity contribution is 7.64. The van der Waals surface area contributed by atoms with Crippen LogP contribution >= 0.6 is 21.0 Å². The van der Waals surface area contributed by atoms with E-state index in [1.807, 2.05) is 35.7 Å². The summed E-state index contributed by atoms with van der Waals surface area (Å²) in [5.74, 6) is 1.60. The second kappa shape index (κ2) is 3.15. The summed E-state index contributed by atoms with van der Waals surface area (Å²) in [6.07, 6.45) is 0. The van der Waals surface area contributed by atoms with Crippen LogP contribution in [0.1, 0.15) is 0 Å². The van der Waals surface area contributed by atoms with E-state index in [-0.39, 0.29) is 0 Å². The molecule has 1 aromatic rings. The molecule has 0 fully saturated rings. The van der Waals surface area contributed by atoms with E-state index in [0.29, 0.717) is 0 Å². The lowest BCUT2D eigenvalue weighted by molar-refractivity contribution is 0.581. The van der Waals surface area contributed by atoms with E-state index in [1.165, 1.54) is 21.0 Å². The van der Waals surface area contributed by atoms with Gasteiger partial charge >= 0.3 is 0 Å². The van der Waals surface area contributed by atoms with Crippen molar-refractivity contribution >= 4 is 31.9 Å². The molecule has 0 bridgehead atoms. The Bertz CT molecular complexity index is 516. The molecule has 0 N–H and O–H groups in total. The number of fused-ring (bicyclic) bond motifs is 2. The van der Waals surface area contributed by atoms with Crippen LogP contribution in [-0.4, -0.2) is 0 Å². The van der Waals surface area contributed by atoms with Crippen molar-refractivity contribution in [3.05, 3.63) is 35.7 Å². The van der Waals surface area contributed by atoms with Crippen LogP contribution in [0.15, 0.2) is 44.0 Å². The number of para-hydroxylation sites is 1. The van der Waals surface area contributed by atoms with Gasteiger partial charge in [0.2, 0.25) is 0 Å². The molecule has 70 valence electrons. The average Bonchev–Trinajstić information content (AvgIpc) is 2.26. The van der Waals surface area contributed by atoms with E-state index in [1.54, 1.807) is 0 Å². The molecule has 2 aliphatic heterocycles. The van der Waals surface area contributed by atoms with Gasteiger partial charge in [0, 0.05) is 5.39 Å². The van der Waals surface area contributed by atoms with Crippen molar-refractivity contribution in [1.82, 2.24) is 0 Å². The Labute approximate surface area is 87.7 Å². The SMILES string of the molecule is c1ccc2oc3cssoc-3cc2c1. The minimum atomic E-state index is 0.799. The third-order valence-corrected chi connectivity index (χ3v) is 3.35. The fourth-order valence-electron chi connectivity index (χ4n) is 1.34. The van der Waals surface area contributed by atoms with Crippen LogP contribution in [0.4, 0.5) is 0 Å². The number of hydrogen-bond donors (Lipinski definition) is 0. The van der Waals surface area contributed by atoms with Gasteiger partial charge in [-0.25, -0.2) is 0 Å². The molecular weight excluding hydrogens is 216 g/mol. The molecule has 0 amide bonds. The van der Waals surface area contributed by atoms with Crippen molar-refractivity contribution in [2.24, 2.45) is 0 Å².